The second kappa shape index (κ2) is 9.20. The van der Waals surface area contributed by atoms with E-state index in [2.05, 4.69) is 66.3 Å². The summed E-state index contributed by atoms with van der Waals surface area (Å²) in [7, 11) is 0. The zero-order valence-corrected chi connectivity index (χ0v) is 18.3. The molecule has 0 fully saturated rings. The molecule has 3 aromatic carbocycles. The molecule has 0 saturated heterocycles. The van der Waals surface area contributed by atoms with Crippen LogP contribution in [0.2, 0.25) is 0 Å². The molecule has 0 aliphatic heterocycles. The van der Waals surface area contributed by atoms with Crippen LogP contribution in [0.25, 0.3) is 28.2 Å². The van der Waals surface area contributed by atoms with Gasteiger partial charge in [0.25, 0.3) is 0 Å². The van der Waals surface area contributed by atoms with Gasteiger partial charge < -0.3 is 0 Å². The summed E-state index contributed by atoms with van der Waals surface area (Å²) in [4.78, 5) is 16.9. The number of hydrazine groups is 1. The normalized spacial score (nSPS) is 10.8. The van der Waals surface area contributed by atoms with Gasteiger partial charge in [0, 0.05) is 11.1 Å². The molecule has 0 radical (unpaired) electrons. The van der Waals surface area contributed by atoms with Crippen molar-refractivity contribution in [1.82, 2.24) is 15.0 Å². The van der Waals surface area contributed by atoms with E-state index in [4.69, 9.17) is 10.8 Å². The summed E-state index contributed by atoms with van der Waals surface area (Å²) in [6.07, 6.45) is 0. The minimum atomic E-state index is -0.247. The average Bonchev–Trinajstić information content (AvgIpc) is 3.19. The Morgan fingerprint density at radius 1 is 0.968 bits per heavy atom. The van der Waals surface area contributed by atoms with Crippen molar-refractivity contribution >= 4 is 17.7 Å². The quantitative estimate of drug-likeness (QED) is 0.198. The van der Waals surface area contributed by atoms with Crippen LogP contribution in [-0.2, 0) is 4.79 Å². The summed E-state index contributed by atoms with van der Waals surface area (Å²) in [6, 6.07) is 26.7. The van der Waals surface area contributed by atoms with Crippen molar-refractivity contribution in [2.24, 2.45) is 5.84 Å². The van der Waals surface area contributed by atoms with Crippen molar-refractivity contribution in [3.8, 4) is 28.2 Å². The maximum absolute atomic E-state index is 11.9. The molecule has 31 heavy (non-hydrogen) atoms. The van der Waals surface area contributed by atoms with E-state index in [9.17, 15) is 4.79 Å². The summed E-state index contributed by atoms with van der Waals surface area (Å²) in [5.74, 6) is 5.24. The van der Waals surface area contributed by atoms with Crippen LogP contribution in [-0.4, -0.2) is 21.2 Å². The number of hydrogen-bond acceptors (Lipinski definition) is 4. The molecule has 0 aliphatic carbocycles. The number of hydrogen-bond donors (Lipinski definition) is 2. The van der Waals surface area contributed by atoms with Gasteiger partial charge in [-0.2, -0.15) is 0 Å². The number of carbonyl (C=O) groups excluding carboxylic acids is 1. The van der Waals surface area contributed by atoms with Crippen LogP contribution in [0.5, 0.6) is 0 Å². The molecule has 5 nitrogen and oxygen atoms in total. The monoisotopic (exact) mass is 428 g/mol. The van der Waals surface area contributed by atoms with E-state index in [-0.39, 0.29) is 11.7 Å². The van der Waals surface area contributed by atoms with Gasteiger partial charge in [-0.3, -0.25) is 14.8 Å². The van der Waals surface area contributed by atoms with E-state index in [1.165, 1.54) is 11.8 Å². The van der Waals surface area contributed by atoms with Crippen LogP contribution < -0.4 is 11.3 Å². The maximum atomic E-state index is 11.9. The molecule has 3 N–H and O–H groups in total. The van der Waals surface area contributed by atoms with Crippen molar-refractivity contribution in [3.63, 3.8) is 0 Å². The van der Waals surface area contributed by atoms with Gasteiger partial charge in [-0.25, -0.2) is 10.8 Å². The molecule has 4 rings (SSSR count). The molecule has 156 valence electrons. The molecule has 0 bridgehead atoms. The molecular formula is C25H24N4OS. The summed E-state index contributed by atoms with van der Waals surface area (Å²) in [6.45, 7) is 4.17. The predicted molar refractivity (Wildman–Crippen MR) is 127 cm³/mol. The zero-order chi connectivity index (χ0) is 21.8. The molecule has 0 aliphatic rings. The molecule has 1 amide bonds. The van der Waals surface area contributed by atoms with Crippen LogP contribution in [0.4, 0.5) is 0 Å². The fourth-order valence-electron chi connectivity index (χ4n) is 3.51. The van der Waals surface area contributed by atoms with Gasteiger partial charge in [-0.15, -0.1) is 0 Å². The zero-order valence-electron chi connectivity index (χ0n) is 17.5. The second-order valence-electron chi connectivity index (χ2n) is 7.31. The number of aromatic nitrogens is 2. The minimum Gasteiger partial charge on any atom is -0.294 e. The number of amides is 1. The Labute approximate surface area is 186 Å². The lowest BCUT2D eigenvalue weighted by atomic mass is 10.0. The number of carbonyl (C=O) groups is 1. The Hall–Kier alpha value is -3.35. The topological polar surface area (TPSA) is 72.9 Å². The molecular weight excluding hydrogens is 404 g/mol. The van der Waals surface area contributed by atoms with Gasteiger partial charge in [-0.05, 0) is 31.0 Å². The summed E-state index contributed by atoms with van der Waals surface area (Å²) >= 11 is 1.37. The van der Waals surface area contributed by atoms with E-state index in [0.717, 1.165) is 44.5 Å². The highest BCUT2D eigenvalue weighted by molar-refractivity contribution is 7.99. The van der Waals surface area contributed by atoms with E-state index in [1.807, 2.05) is 36.4 Å². The number of thioether (sulfide) groups is 1. The SMILES string of the molecule is Cc1ccc(C)c(-n2c(SCC(=O)NN)nc(-c3ccccc3)c2-c2ccccc2)c1. The highest BCUT2D eigenvalue weighted by Crippen LogP contribution is 2.39. The molecule has 4 aromatic rings. The van der Waals surface area contributed by atoms with E-state index in [0.29, 0.717) is 0 Å². The van der Waals surface area contributed by atoms with Crippen LogP contribution in [0.15, 0.2) is 84.0 Å². The Kier molecular flexibility index (Phi) is 6.21. The first-order valence-corrected chi connectivity index (χ1v) is 11.0. The van der Waals surface area contributed by atoms with E-state index < -0.39 is 0 Å². The van der Waals surface area contributed by atoms with Gasteiger partial charge in [0.15, 0.2) is 5.16 Å². The van der Waals surface area contributed by atoms with Crippen molar-refractivity contribution in [3.05, 3.63) is 90.0 Å². The Bertz CT molecular complexity index is 1200. The molecule has 1 heterocycles. The van der Waals surface area contributed by atoms with Crippen molar-refractivity contribution in [2.75, 3.05) is 5.75 Å². The third-order valence-corrected chi connectivity index (χ3v) is 5.98. The number of nitrogens with two attached hydrogens (primary N) is 1. The molecule has 6 heteroatoms. The standard InChI is InChI=1S/C25H24N4OS/c1-17-13-14-18(2)21(15-17)29-24(20-11-7-4-8-12-20)23(19-9-5-3-6-10-19)27-25(29)31-16-22(30)28-26/h3-15H,16,26H2,1-2H3,(H,28,30). The molecule has 0 unspecified atom stereocenters. The first-order valence-electron chi connectivity index (χ1n) is 10.0. The summed E-state index contributed by atoms with van der Waals surface area (Å²) in [5, 5.41) is 0.745. The van der Waals surface area contributed by atoms with Crippen LogP contribution >= 0.6 is 11.8 Å². The lowest BCUT2D eigenvalue weighted by Gasteiger charge is -2.16. The number of nitrogens with one attached hydrogen (secondary N) is 1. The molecule has 0 spiro atoms. The fraction of sp³-hybridized carbons (Fsp3) is 0.120. The lowest BCUT2D eigenvalue weighted by molar-refractivity contribution is -0.118. The van der Waals surface area contributed by atoms with E-state index >= 15 is 0 Å². The number of imidazole rings is 1. The molecule has 0 atom stereocenters. The average molecular weight is 429 g/mol. The van der Waals surface area contributed by atoms with Gasteiger partial charge in [0.05, 0.1) is 22.8 Å². The summed E-state index contributed by atoms with van der Waals surface area (Å²) < 4.78 is 2.16. The first-order chi connectivity index (χ1) is 15.1. The number of nitrogens with zero attached hydrogens (tertiary/aromatic N) is 2. The highest BCUT2D eigenvalue weighted by Gasteiger charge is 2.23. The van der Waals surface area contributed by atoms with Crippen molar-refractivity contribution < 1.29 is 4.79 Å². The largest absolute Gasteiger partial charge is 0.294 e. The smallest absolute Gasteiger partial charge is 0.244 e. The van der Waals surface area contributed by atoms with Gasteiger partial charge >= 0.3 is 0 Å². The predicted octanol–water partition coefficient (Wildman–Crippen LogP) is 4.91. The molecule has 1 aromatic heterocycles. The third kappa shape index (κ3) is 4.40. The fourth-order valence-corrected chi connectivity index (χ4v) is 4.33. The van der Waals surface area contributed by atoms with E-state index in [1.54, 1.807) is 0 Å². The maximum Gasteiger partial charge on any atom is 0.244 e. The van der Waals surface area contributed by atoms with Gasteiger partial charge in [0.2, 0.25) is 5.91 Å². The first kappa shape index (κ1) is 20.9. The van der Waals surface area contributed by atoms with Crippen LogP contribution in [0, 0.1) is 13.8 Å². The van der Waals surface area contributed by atoms with Crippen molar-refractivity contribution in [2.45, 2.75) is 19.0 Å². The van der Waals surface area contributed by atoms with Gasteiger partial charge in [0.1, 0.15) is 0 Å². The Morgan fingerprint density at radius 3 is 2.26 bits per heavy atom. The lowest BCUT2D eigenvalue weighted by Crippen LogP contribution is -2.31. The van der Waals surface area contributed by atoms with Crippen molar-refractivity contribution in [1.29, 1.82) is 0 Å². The third-order valence-electron chi connectivity index (χ3n) is 5.04. The van der Waals surface area contributed by atoms with Crippen LogP contribution in [0.3, 0.4) is 0 Å². The number of benzene rings is 3. The Balaban J connectivity index is 2.02. The van der Waals surface area contributed by atoms with Gasteiger partial charge in [-0.1, -0.05) is 84.6 Å². The highest BCUT2D eigenvalue weighted by atomic mass is 32.2. The number of rotatable bonds is 6. The summed E-state index contributed by atoms with van der Waals surface area (Å²) in [5.41, 5.74) is 9.49. The second-order valence-corrected chi connectivity index (χ2v) is 8.25. The minimum absolute atomic E-state index is 0.181. The molecule has 0 saturated carbocycles. The van der Waals surface area contributed by atoms with Crippen LogP contribution in [0.1, 0.15) is 11.1 Å². The number of aryl methyl sites for hydroxylation is 2. The Morgan fingerprint density at radius 2 is 1.61 bits per heavy atom.